The summed E-state index contributed by atoms with van der Waals surface area (Å²) in [5.74, 6) is 0.665. The van der Waals surface area contributed by atoms with E-state index in [1.807, 2.05) is 0 Å². The monoisotopic (exact) mass is 360 g/mol. The molecule has 0 aliphatic carbocycles. The quantitative estimate of drug-likeness (QED) is 0.876. The van der Waals surface area contributed by atoms with Gasteiger partial charge in [-0.25, -0.2) is 4.98 Å². The largest absolute Gasteiger partial charge is 0.397 e. The number of amides is 1. The predicted molar refractivity (Wildman–Crippen MR) is 101 cm³/mol. The van der Waals surface area contributed by atoms with Crippen molar-refractivity contribution in [3.8, 4) is 0 Å². The summed E-state index contributed by atoms with van der Waals surface area (Å²) in [5, 5.41) is 0.996. The Morgan fingerprint density at radius 3 is 2.72 bits per heavy atom. The number of nitrogens with zero attached hydrogens (tertiary/aromatic N) is 2. The molecule has 4 rings (SSSR count). The Bertz CT molecular complexity index is 853. The molecule has 0 spiro atoms. The zero-order valence-electron chi connectivity index (χ0n) is 14.7. The van der Waals surface area contributed by atoms with Crippen molar-refractivity contribution in [1.82, 2.24) is 4.98 Å². The second kappa shape index (κ2) is 5.85. The third kappa shape index (κ3) is 2.85. The number of hydrogen-bond donors (Lipinski definition) is 2. The van der Waals surface area contributed by atoms with Crippen LogP contribution in [0.3, 0.4) is 0 Å². The number of thiophene rings is 1. The Kier molecular flexibility index (Phi) is 3.88. The molecule has 0 radical (unpaired) electrons. The van der Waals surface area contributed by atoms with Gasteiger partial charge in [0.25, 0.3) is 0 Å². The number of pyridine rings is 1. The van der Waals surface area contributed by atoms with Gasteiger partial charge in [-0.15, -0.1) is 11.3 Å². The van der Waals surface area contributed by atoms with E-state index >= 15 is 0 Å². The first-order valence-electron chi connectivity index (χ1n) is 8.75. The SMILES string of the molecule is CC1(C)Cc2c(c(N3CCCC3)nc3sc(CC(N)=O)c(N)c23)CO1. The molecule has 6 nitrogen and oxygen atoms in total. The molecule has 0 atom stereocenters. The van der Waals surface area contributed by atoms with Gasteiger partial charge in [0, 0.05) is 35.3 Å². The van der Waals surface area contributed by atoms with Gasteiger partial charge in [0.2, 0.25) is 5.91 Å². The standard InChI is InChI=1S/C18H24N4O2S/c1-18(2)8-10-11(9-24-18)16(22-5-3-4-6-22)21-17-14(10)15(20)12(25-17)7-13(19)23/h3-9,20H2,1-2H3,(H2,19,23). The lowest BCUT2D eigenvalue weighted by Crippen LogP contribution is -2.34. The first-order chi connectivity index (χ1) is 11.9. The molecule has 4 N–H and O–H groups in total. The minimum Gasteiger partial charge on any atom is -0.397 e. The first kappa shape index (κ1) is 16.6. The second-order valence-corrected chi connectivity index (χ2v) is 8.66. The molecular formula is C18H24N4O2S. The van der Waals surface area contributed by atoms with E-state index in [9.17, 15) is 4.79 Å². The van der Waals surface area contributed by atoms with E-state index < -0.39 is 0 Å². The number of nitrogen functional groups attached to an aromatic ring is 1. The van der Waals surface area contributed by atoms with Crippen molar-refractivity contribution in [3.63, 3.8) is 0 Å². The average molecular weight is 360 g/mol. The van der Waals surface area contributed by atoms with Gasteiger partial charge in [0.1, 0.15) is 10.6 Å². The fourth-order valence-corrected chi connectivity index (χ4v) is 5.00. The number of carbonyl (C=O) groups excluding carboxylic acids is 1. The molecule has 2 aliphatic rings. The Labute approximate surface area is 151 Å². The van der Waals surface area contributed by atoms with Crippen LogP contribution >= 0.6 is 11.3 Å². The molecule has 2 aliphatic heterocycles. The van der Waals surface area contributed by atoms with E-state index in [1.54, 1.807) is 0 Å². The summed E-state index contributed by atoms with van der Waals surface area (Å²) in [4.78, 5) is 20.4. The van der Waals surface area contributed by atoms with Crippen LogP contribution in [-0.2, 0) is 29.0 Å². The smallest absolute Gasteiger partial charge is 0.222 e. The summed E-state index contributed by atoms with van der Waals surface area (Å²) >= 11 is 1.49. The van der Waals surface area contributed by atoms with E-state index in [0.717, 1.165) is 46.0 Å². The summed E-state index contributed by atoms with van der Waals surface area (Å²) < 4.78 is 6.07. The van der Waals surface area contributed by atoms with Gasteiger partial charge in [-0.05, 0) is 32.3 Å². The Morgan fingerprint density at radius 2 is 2.04 bits per heavy atom. The van der Waals surface area contributed by atoms with Gasteiger partial charge < -0.3 is 21.1 Å². The number of carbonyl (C=O) groups is 1. The van der Waals surface area contributed by atoms with Crippen molar-refractivity contribution >= 4 is 39.0 Å². The maximum Gasteiger partial charge on any atom is 0.222 e. The molecule has 0 bridgehead atoms. The van der Waals surface area contributed by atoms with Crippen molar-refractivity contribution in [3.05, 3.63) is 16.0 Å². The van der Waals surface area contributed by atoms with E-state index in [0.29, 0.717) is 12.3 Å². The molecule has 2 aromatic heterocycles. The molecule has 134 valence electrons. The molecular weight excluding hydrogens is 336 g/mol. The van der Waals surface area contributed by atoms with E-state index in [4.69, 9.17) is 21.2 Å². The van der Waals surface area contributed by atoms with Crippen LogP contribution < -0.4 is 16.4 Å². The highest BCUT2D eigenvalue weighted by atomic mass is 32.1. The minimum absolute atomic E-state index is 0.167. The summed E-state index contributed by atoms with van der Waals surface area (Å²) in [7, 11) is 0. The number of aromatic nitrogens is 1. The Morgan fingerprint density at radius 1 is 1.32 bits per heavy atom. The number of fused-ring (bicyclic) bond motifs is 3. The molecule has 1 saturated heterocycles. The fraction of sp³-hybridized carbons (Fsp3) is 0.556. The summed E-state index contributed by atoms with van der Waals surface area (Å²) in [6.45, 7) is 6.82. The number of hydrogen-bond acceptors (Lipinski definition) is 6. The van der Waals surface area contributed by atoms with Crippen LogP contribution in [0.5, 0.6) is 0 Å². The third-order valence-electron chi connectivity index (χ3n) is 5.10. The molecule has 1 fully saturated rings. The number of primary amides is 1. The highest BCUT2D eigenvalue weighted by molar-refractivity contribution is 7.19. The maximum absolute atomic E-state index is 11.4. The zero-order chi connectivity index (χ0) is 17.8. The normalized spacial score (nSPS) is 19.4. The van der Waals surface area contributed by atoms with Crippen molar-refractivity contribution in [2.45, 2.75) is 51.7 Å². The number of nitrogens with two attached hydrogens (primary N) is 2. The molecule has 7 heteroatoms. The van der Waals surface area contributed by atoms with Crippen LogP contribution in [0.1, 0.15) is 42.7 Å². The summed E-state index contributed by atoms with van der Waals surface area (Å²) in [6.07, 6.45) is 3.35. The van der Waals surface area contributed by atoms with Gasteiger partial charge in [0.05, 0.1) is 24.3 Å². The predicted octanol–water partition coefficient (Wildman–Crippen LogP) is 2.36. The first-order valence-corrected chi connectivity index (χ1v) is 9.57. The number of rotatable bonds is 3. The van der Waals surface area contributed by atoms with Gasteiger partial charge >= 0.3 is 0 Å². The van der Waals surface area contributed by atoms with E-state index in [1.165, 1.54) is 29.7 Å². The van der Waals surface area contributed by atoms with Crippen LogP contribution in [0.25, 0.3) is 10.2 Å². The average Bonchev–Trinajstić information content (AvgIpc) is 3.14. The molecule has 0 aromatic carbocycles. The van der Waals surface area contributed by atoms with Gasteiger partial charge in [-0.2, -0.15) is 0 Å². The topological polar surface area (TPSA) is 94.5 Å². The molecule has 0 saturated carbocycles. The zero-order valence-corrected chi connectivity index (χ0v) is 15.5. The summed E-state index contributed by atoms with van der Waals surface area (Å²) in [6, 6.07) is 0. The van der Waals surface area contributed by atoms with Crippen LogP contribution in [0.4, 0.5) is 11.5 Å². The summed E-state index contributed by atoms with van der Waals surface area (Å²) in [5.41, 5.74) is 14.6. The fourth-order valence-electron chi connectivity index (χ4n) is 3.87. The van der Waals surface area contributed by atoms with Gasteiger partial charge in [0.15, 0.2) is 0 Å². The number of anilines is 2. The second-order valence-electron chi connectivity index (χ2n) is 7.57. The Hall–Kier alpha value is -1.86. The van der Waals surface area contributed by atoms with Gasteiger partial charge in [-0.3, -0.25) is 4.79 Å². The highest BCUT2D eigenvalue weighted by Gasteiger charge is 2.33. The lowest BCUT2D eigenvalue weighted by atomic mass is 9.89. The number of ether oxygens (including phenoxy) is 1. The van der Waals surface area contributed by atoms with Crippen molar-refractivity contribution < 1.29 is 9.53 Å². The van der Waals surface area contributed by atoms with Crippen molar-refractivity contribution in [1.29, 1.82) is 0 Å². The van der Waals surface area contributed by atoms with Crippen molar-refractivity contribution in [2.75, 3.05) is 23.7 Å². The van der Waals surface area contributed by atoms with Crippen LogP contribution in [-0.4, -0.2) is 29.6 Å². The molecule has 0 unspecified atom stereocenters. The lowest BCUT2D eigenvalue weighted by molar-refractivity contribution is -0.117. The van der Waals surface area contributed by atoms with Crippen LogP contribution in [0.2, 0.25) is 0 Å². The molecule has 2 aromatic rings. The van der Waals surface area contributed by atoms with Crippen LogP contribution in [0, 0.1) is 0 Å². The van der Waals surface area contributed by atoms with Crippen molar-refractivity contribution in [2.24, 2.45) is 5.73 Å². The third-order valence-corrected chi connectivity index (χ3v) is 6.20. The van der Waals surface area contributed by atoms with Crippen LogP contribution in [0.15, 0.2) is 0 Å². The Balaban J connectivity index is 1.94. The van der Waals surface area contributed by atoms with E-state index in [-0.39, 0.29) is 17.9 Å². The van der Waals surface area contributed by atoms with E-state index in [2.05, 4.69) is 18.7 Å². The molecule has 1 amide bonds. The molecule has 25 heavy (non-hydrogen) atoms. The minimum atomic E-state index is -0.365. The van der Waals surface area contributed by atoms with Gasteiger partial charge in [-0.1, -0.05) is 0 Å². The lowest BCUT2D eigenvalue weighted by Gasteiger charge is -2.34. The molecule has 4 heterocycles. The maximum atomic E-state index is 11.4. The highest BCUT2D eigenvalue weighted by Crippen LogP contribution is 2.44.